The summed E-state index contributed by atoms with van der Waals surface area (Å²) in [5.41, 5.74) is 10.5. The number of hydrogen-bond donors (Lipinski definition) is 0. The average Bonchev–Trinajstić information content (AvgIpc) is 3.34. The molecule has 0 aromatic heterocycles. The van der Waals surface area contributed by atoms with Crippen molar-refractivity contribution >= 4 is 34.6 Å². The third-order valence-corrected chi connectivity index (χ3v) is 9.16. The molecule has 0 saturated heterocycles. The maximum atomic E-state index is 14.2. The van der Waals surface area contributed by atoms with E-state index < -0.39 is 0 Å². The standard InChI is InChI=1S/C41H30N2O2/c1-41(2)35-17-9-11-19-37(35)42(38-20-12-10-18-36(38)41)31-21-22-33-34(26-31)40(45)43(39(33)44)32-24-29(27-13-5-3-6-14-27)23-30(25-32)28-15-7-4-8-16-28/h3-26H,1-2H3. The zero-order chi connectivity index (χ0) is 30.7. The second-order valence-corrected chi connectivity index (χ2v) is 12.2. The second kappa shape index (κ2) is 10.2. The molecule has 4 heteroatoms. The van der Waals surface area contributed by atoms with Gasteiger partial charge in [-0.1, -0.05) is 111 Å². The highest BCUT2D eigenvalue weighted by Crippen LogP contribution is 2.52. The van der Waals surface area contributed by atoms with Gasteiger partial charge in [0.2, 0.25) is 0 Å². The molecule has 0 radical (unpaired) electrons. The van der Waals surface area contributed by atoms with E-state index in [-0.39, 0.29) is 17.2 Å². The lowest BCUT2D eigenvalue weighted by Gasteiger charge is -2.42. The lowest BCUT2D eigenvalue weighted by Crippen LogP contribution is -2.30. The molecule has 0 saturated carbocycles. The number of para-hydroxylation sites is 2. The van der Waals surface area contributed by atoms with Crippen LogP contribution in [0.5, 0.6) is 0 Å². The zero-order valence-electron chi connectivity index (χ0n) is 25.1. The molecule has 6 aromatic carbocycles. The Morgan fingerprint density at radius 2 is 0.911 bits per heavy atom. The van der Waals surface area contributed by atoms with Gasteiger partial charge >= 0.3 is 0 Å². The van der Waals surface area contributed by atoms with Gasteiger partial charge in [0.15, 0.2) is 0 Å². The first-order chi connectivity index (χ1) is 21.9. The number of nitrogens with zero attached hydrogens (tertiary/aromatic N) is 2. The van der Waals surface area contributed by atoms with Crippen molar-refractivity contribution in [3.8, 4) is 22.3 Å². The normalized spacial score (nSPS) is 14.6. The predicted molar refractivity (Wildman–Crippen MR) is 182 cm³/mol. The topological polar surface area (TPSA) is 40.6 Å². The number of benzene rings is 6. The first-order valence-corrected chi connectivity index (χ1v) is 15.2. The van der Waals surface area contributed by atoms with Crippen LogP contribution in [0.25, 0.3) is 22.3 Å². The van der Waals surface area contributed by atoms with Crippen LogP contribution in [-0.4, -0.2) is 11.8 Å². The summed E-state index contributed by atoms with van der Waals surface area (Å²) in [4.78, 5) is 31.7. The summed E-state index contributed by atoms with van der Waals surface area (Å²) in [5.74, 6) is -0.633. The smallest absolute Gasteiger partial charge is 0.266 e. The molecule has 2 aliphatic rings. The van der Waals surface area contributed by atoms with Crippen LogP contribution in [0.3, 0.4) is 0 Å². The van der Waals surface area contributed by atoms with Crippen molar-refractivity contribution in [2.45, 2.75) is 19.3 Å². The summed E-state index contributed by atoms with van der Waals surface area (Å²) in [6.07, 6.45) is 0. The summed E-state index contributed by atoms with van der Waals surface area (Å²) in [6.45, 7) is 4.50. The Hall–Kier alpha value is -5.74. The van der Waals surface area contributed by atoms with Crippen molar-refractivity contribution in [2.75, 3.05) is 9.80 Å². The number of imide groups is 1. The van der Waals surface area contributed by atoms with Gasteiger partial charge in [-0.2, -0.15) is 0 Å². The fourth-order valence-electron chi connectivity index (χ4n) is 6.88. The molecular weight excluding hydrogens is 552 g/mol. The van der Waals surface area contributed by atoms with Crippen molar-refractivity contribution in [1.29, 1.82) is 0 Å². The highest BCUT2D eigenvalue weighted by atomic mass is 16.2. The van der Waals surface area contributed by atoms with E-state index >= 15 is 0 Å². The Morgan fingerprint density at radius 1 is 0.422 bits per heavy atom. The van der Waals surface area contributed by atoms with Crippen molar-refractivity contribution < 1.29 is 9.59 Å². The predicted octanol–water partition coefficient (Wildman–Crippen LogP) is 9.93. The molecule has 0 atom stereocenters. The summed E-state index contributed by atoms with van der Waals surface area (Å²) in [6, 6.07) is 48.5. The fraction of sp³-hybridized carbons (Fsp3) is 0.0732. The molecule has 0 aliphatic carbocycles. The van der Waals surface area contributed by atoms with E-state index in [0.29, 0.717) is 16.8 Å². The largest absolute Gasteiger partial charge is 0.310 e. The maximum absolute atomic E-state index is 14.2. The number of anilines is 4. The quantitative estimate of drug-likeness (QED) is 0.194. The minimum Gasteiger partial charge on any atom is -0.310 e. The first kappa shape index (κ1) is 26.9. The fourth-order valence-corrected chi connectivity index (χ4v) is 6.88. The van der Waals surface area contributed by atoms with E-state index in [1.165, 1.54) is 16.0 Å². The zero-order valence-corrected chi connectivity index (χ0v) is 25.1. The van der Waals surface area contributed by atoms with Gasteiger partial charge in [0.05, 0.1) is 28.2 Å². The molecule has 2 heterocycles. The minimum atomic E-state index is -0.319. The van der Waals surface area contributed by atoms with Crippen molar-refractivity contribution in [3.63, 3.8) is 0 Å². The van der Waals surface area contributed by atoms with Crippen LogP contribution in [0.4, 0.5) is 22.7 Å². The molecule has 0 bridgehead atoms. The molecule has 2 amide bonds. The maximum Gasteiger partial charge on any atom is 0.266 e. The summed E-state index contributed by atoms with van der Waals surface area (Å²) in [7, 11) is 0. The molecular formula is C41H30N2O2. The van der Waals surface area contributed by atoms with Crippen LogP contribution in [-0.2, 0) is 5.41 Å². The highest BCUT2D eigenvalue weighted by Gasteiger charge is 2.40. The Kier molecular flexibility index (Phi) is 6.07. The van der Waals surface area contributed by atoms with Crippen molar-refractivity contribution in [2.24, 2.45) is 0 Å². The summed E-state index contributed by atoms with van der Waals surface area (Å²) in [5, 5.41) is 0. The van der Waals surface area contributed by atoms with Gasteiger partial charge in [0.25, 0.3) is 11.8 Å². The van der Waals surface area contributed by atoms with E-state index in [4.69, 9.17) is 0 Å². The van der Waals surface area contributed by atoms with E-state index in [2.05, 4.69) is 61.2 Å². The Balaban J connectivity index is 1.25. The Morgan fingerprint density at radius 3 is 1.47 bits per heavy atom. The minimum absolute atomic E-state index is 0.191. The molecule has 8 rings (SSSR count). The number of fused-ring (bicyclic) bond motifs is 3. The van der Waals surface area contributed by atoms with Gasteiger partial charge in [-0.15, -0.1) is 0 Å². The Bertz CT molecular complexity index is 2030. The third kappa shape index (κ3) is 4.21. The molecule has 0 N–H and O–H groups in total. The molecule has 45 heavy (non-hydrogen) atoms. The van der Waals surface area contributed by atoms with Crippen LogP contribution < -0.4 is 9.80 Å². The average molecular weight is 583 g/mol. The van der Waals surface area contributed by atoms with Crippen LogP contribution in [0.1, 0.15) is 45.7 Å². The van der Waals surface area contributed by atoms with Crippen LogP contribution in [0.15, 0.2) is 146 Å². The second-order valence-electron chi connectivity index (χ2n) is 12.2. The van der Waals surface area contributed by atoms with E-state index in [1.807, 2.05) is 97.1 Å². The number of hydrogen-bond acceptors (Lipinski definition) is 3. The molecule has 6 aromatic rings. The lowest BCUT2D eigenvalue weighted by atomic mass is 9.73. The summed E-state index contributed by atoms with van der Waals surface area (Å²) < 4.78 is 0. The SMILES string of the molecule is CC1(C)c2ccccc2N(c2ccc3c(c2)C(=O)N(c2cc(-c4ccccc4)cc(-c4ccccc4)c2)C3=O)c2ccccc21. The van der Waals surface area contributed by atoms with Gasteiger partial charge in [-0.05, 0) is 81.9 Å². The van der Waals surface area contributed by atoms with Gasteiger partial charge in [-0.3, -0.25) is 9.59 Å². The lowest BCUT2D eigenvalue weighted by molar-refractivity contribution is 0.0926. The Labute approximate surface area is 262 Å². The van der Waals surface area contributed by atoms with Crippen LogP contribution in [0, 0.1) is 0 Å². The third-order valence-electron chi connectivity index (χ3n) is 9.16. The first-order valence-electron chi connectivity index (χ1n) is 15.2. The van der Waals surface area contributed by atoms with Gasteiger partial charge in [0, 0.05) is 11.1 Å². The van der Waals surface area contributed by atoms with E-state index in [0.717, 1.165) is 39.3 Å². The van der Waals surface area contributed by atoms with Crippen LogP contribution >= 0.6 is 0 Å². The number of carbonyl (C=O) groups is 2. The van der Waals surface area contributed by atoms with Crippen LogP contribution in [0.2, 0.25) is 0 Å². The molecule has 4 nitrogen and oxygen atoms in total. The molecule has 0 unspecified atom stereocenters. The number of carbonyl (C=O) groups excluding carboxylic acids is 2. The molecule has 216 valence electrons. The van der Waals surface area contributed by atoms with E-state index in [9.17, 15) is 9.59 Å². The van der Waals surface area contributed by atoms with Crippen molar-refractivity contribution in [1.82, 2.24) is 0 Å². The molecule has 0 spiro atoms. The van der Waals surface area contributed by atoms with Gasteiger partial charge in [0.1, 0.15) is 0 Å². The highest BCUT2D eigenvalue weighted by molar-refractivity contribution is 6.35. The monoisotopic (exact) mass is 582 g/mol. The van der Waals surface area contributed by atoms with Gasteiger partial charge in [-0.25, -0.2) is 4.90 Å². The van der Waals surface area contributed by atoms with E-state index in [1.54, 1.807) is 6.07 Å². The van der Waals surface area contributed by atoms with Crippen molar-refractivity contribution in [3.05, 3.63) is 168 Å². The number of rotatable bonds is 4. The summed E-state index contributed by atoms with van der Waals surface area (Å²) >= 11 is 0. The van der Waals surface area contributed by atoms with Gasteiger partial charge < -0.3 is 4.90 Å². The molecule has 2 aliphatic heterocycles. The molecule has 0 fully saturated rings. The number of amides is 2.